The van der Waals surface area contributed by atoms with Gasteiger partial charge in [-0.1, -0.05) is 84.9 Å². The monoisotopic (exact) mass is 454 g/mol. The van der Waals surface area contributed by atoms with Crippen molar-refractivity contribution in [3.8, 4) is 5.75 Å². The fourth-order valence-electron chi connectivity index (χ4n) is 4.40. The number of nitrogens with zero attached hydrogens (tertiary/aromatic N) is 1. The van der Waals surface area contributed by atoms with Crippen molar-refractivity contribution in [3.63, 3.8) is 0 Å². The predicted molar refractivity (Wildman–Crippen MR) is 134 cm³/mol. The minimum absolute atomic E-state index is 0.00256. The zero-order valence-corrected chi connectivity index (χ0v) is 19.4. The first-order valence-electron chi connectivity index (χ1n) is 11.6. The van der Waals surface area contributed by atoms with Crippen LogP contribution in [0.3, 0.4) is 0 Å². The van der Waals surface area contributed by atoms with E-state index in [2.05, 4.69) is 5.32 Å². The van der Waals surface area contributed by atoms with Crippen molar-refractivity contribution >= 4 is 17.5 Å². The van der Waals surface area contributed by atoms with Crippen LogP contribution in [0.4, 0.5) is 5.69 Å². The van der Waals surface area contributed by atoms with Crippen LogP contribution in [0.25, 0.3) is 0 Å². The molecule has 1 aliphatic carbocycles. The summed E-state index contributed by atoms with van der Waals surface area (Å²) in [7, 11) is 1.58. The number of methoxy groups -OCH3 is 1. The van der Waals surface area contributed by atoms with Crippen LogP contribution < -0.4 is 10.1 Å². The molecule has 5 heteroatoms. The Labute approximate surface area is 201 Å². The Morgan fingerprint density at radius 1 is 0.794 bits per heavy atom. The molecule has 1 aliphatic rings. The van der Waals surface area contributed by atoms with E-state index >= 15 is 0 Å². The molecular weight excluding hydrogens is 424 g/mol. The molecule has 0 bridgehead atoms. The zero-order chi connectivity index (χ0) is 23.8. The second-order valence-electron chi connectivity index (χ2n) is 8.51. The van der Waals surface area contributed by atoms with E-state index in [0.717, 1.165) is 11.1 Å². The minimum Gasteiger partial charge on any atom is -0.495 e. The first kappa shape index (κ1) is 23.3. The summed E-state index contributed by atoms with van der Waals surface area (Å²) in [5.41, 5.74) is 2.74. The van der Waals surface area contributed by atoms with E-state index < -0.39 is 11.8 Å². The summed E-state index contributed by atoms with van der Waals surface area (Å²) in [6, 6.07) is 27.3. The number of hydrogen-bond donors (Lipinski definition) is 1. The van der Waals surface area contributed by atoms with Crippen LogP contribution in [0.5, 0.6) is 5.75 Å². The second kappa shape index (κ2) is 11.3. The molecule has 0 heterocycles. The maximum absolute atomic E-state index is 13.9. The van der Waals surface area contributed by atoms with E-state index in [1.54, 1.807) is 13.2 Å². The van der Waals surface area contributed by atoms with Crippen molar-refractivity contribution in [3.05, 3.63) is 108 Å². The highest BCUT2D eigenvalue weighted by molar-refractivity contribution is 5.97. The van der Waals surface area contributed by atoms with Gasteiger partial charge in [0, 0.05) is 13.1 Å². The van der Waals surface area contributed by atoms with Gasteiger partial charge in [0.1, 0.15) is 5.75 Å². The molecule has 34 heavy (non-hydrogen) atoms. The van der Waals surface area contributed by atoms with E-state index in [1.807, 2.05) is 95.9 Å². The number of carbonyl (C=O) groups is 2. The highest BCUT2D eigenvalue weighted by Crippen LogP contribution is 2.31. The van der Waals surface area contributed by atoms with Crippen LogP contribution >= 0.6 is 0 Å². The third-order valence-corrected chi connectivity index (χ3v) is 6.20. The standard InChI is InChI=1S/C29H30N2O3/c1-34-27-19-11-10-18-26(27)30-28(32)24-16-8-9-17-25(24)29(33)31(20-22-12-4-2-5-13-22)21-23-14-6-3-7-15-23/h2-15,18-19,24-25H,16-17,20-21H2,1H3,(H,30,32). The molecule has 3 aromatic rings. The van der Waals surface area contributed by atoms with Gasteiger partial charge in [0.15, 0.2) is 0 Å². The third-order valence-electron chi connectivity index (χ3n) is 6.20. The summed E-state index contributed by atoms with van der Waals surface area (Å²) in [6.07, 6.45) is 5.08. The smallest absolute Gasteiger partial charge is 0.228 e. The summed E-state index contributed by atoms with van der Waals surface area (Å²) >= 11 is 0. The molecule has 2 amide bonds. The number of amides is 2. The number of hydrogen-bond acceptors (Lipinski definition) is 3. The first-order chi connectivity index (χ1) is 16.7. The number of allylic oxidation sites excluding steroid dienone is 2. The van der Waals surface area contributed by atoms with Crippen LogP contribution in [0.1, 0.15) is 24.0 Å². The highest BCUT2D eigenvalue weighted by atomic mass is 16.5. The van der Waals surface area contributed by atoms with Crippen LogP contribution in [-0.2, 0) is 22.7 Å². The lowest BCUT2D eigenvalue weighted by molar-refractivity contribution is -0.142. The van der Waals surface area contributed by atoms with Crippen molar-refractivity contribution in [2.45, 2.75) is 25.9 Å². The van der Waals surface area contributed by atoms with Gasteiger partial charge in [-0.15, -0.1) is 0 Å². The van der Waals surface area contributed by atoms with Crippen molar-refractivity contribution in [2.75, 3.05) is 12.4 Å². The maximum atomic E-state index is 13.9. The van der Waals surface area contributed by atoms with Gasteiger partial charge in [-0.3, -0.25) is 9.59 Å². The lowest BCUT2D eigenvalue weighted by Crippen LogP contribution is -2.42. The minimum atomic E-state index is -0.448. The van der Waals surface area contributed by atoms with E-state index in [4.69, 9.17) is 4.74 Å². The predicted octanol–water partition coefficient (Wildman–Crippen LogP) is 5.45. The molecule has 0 radical (unpaired) electrons. The van der Waals surface area contributed by atoms with Gasteiger partial charge in [-0.2, -0.15) is 0 Å². The molecule has 1 N–H and O–H groups in total. The topological polar surface area (TPSA) is 58.6 Å². The number of benzene rings is 3. The number of nitrogens with one attached hydrogen (secondary N) is 1. The van der Waals surface area contributed by atoms with Crippen LogP contribution in [0.2, 0.25) is 0 Å². The van der Waals surface area contributed by atoms with Crippen molar-refractivity contribution in [2.24, 2.45) is 11.8 Å². The first-order valence-corrected chi connectivity index (χ1v) is 11.6. The quantitative estimate of drug-likeness (QED) is 0.461. The molecule has 5 nitrogen and oxygen atoms in total. The number of ether oxygens (including phenoxy) is 1. The summed E-state index contributed by atoms with van der Waals surface area (Å²) in [5, 5.41) is 2.99. The van der Waals surface area contributed by atoms with E-state index in [0.29, 0.717) is 37.4 Å². The second-order valence-corrected chi connectivity index (χ2v) is 8.51. The average molecular weight is 455 g/mol. The Kier molecular flexibility index (Phi) is 7.76. The SMILES string of the molecule is COc1ccccc1NC(=O)C1CC=CCC1C(=O)N(Cc1ccccc1)Cc1ccccc1. The lowest BCUT2D eigenvalue weighted by Gasteiger charge is -2.32. The molecule has 0 saturated heterocycles. The molecule has 2 atom stereocenters. The molecule has 0 saturated carbocycles. The van der Waals surface area contributed by atoms with Crippen LogP contribution in [0.15, 0.2) is 97.1 Å². The summed E-state index contributed by atoms with van der Waals surface area (Å²) in [6.45, 7) is 0.991. The van der Waals surface area contributed by atoms with Crippen LogP contribution in [0, 0.1) is 11.8 Å². The molecular formula is C29H30N2O3. The number of anilines is 1. The Morgan fingerprint density at radius 3 is 1.91 bits per heavy atom. The Bertz CT molecular complexity index is 1090. The van der Waals surface area contributed by atoms with Gasteiger partial charge < -0.3 is 15.0 Å². The molecule has 0 fully saturated rings. The lowest BCUT2D eigenvalue weighted by atomic mass is 9.81. The number of carbonyl (C=O) groups excluding carboxylic acids is 2. The normalized spacial score (nSPS) is 17.1. The van der Waals surface area contributed by atoms with E-state index in [-0.39, 0.29) is 11.8 Å². The fourth-order valence-corrected chi connectivity index (χ4v) is 4.40. The molecule has 0 spiro atoms. The van der Waals surface area contributed by atoms with E-state index in [1.165, 1.54) is 0 Å². The van der Waals surface area contributed by atoms with Gasteiger partial charge in [-0.05, 0) is 36.1 Å². The Balaban J connectivity index is 1.56. The molecule has 0 aromatic heterocycles. The summed E-state index contributed by atoms with van der Waals surface area (Å²) in [5.74, 6) is -0.438. The summed E-state index contributed by atoms with van der Waals surface area (Å²) in [4.78, 5) is 29.1. The Morgan fingerprint density at radius 2 is 1.32 bits per heavy atom. The molecule has 3 aromatic carbocycles. The summed E-state index contributed by atoms with van der Waals surface area (Å²) < 4.78 is 5.37. The third kappa shape index (κ3) is 5.73. The largest absolute Gasteiger partial charge is 0.495 e. The molecule has 2 unspecified atom stereocenters. The number of rotatable bonds is 8. The highest BCUT2D eigenvalue weighted by Gasteiger charge is 2.36. The van der Waals surface area contributed by atoms with Gasteiger partial charge in [-0.25, -0.2) is 0 Å². The Hall–Kier alpha value is -3.86. The van der Waals surface area contributed by atoms with Crippen molar-refractivity contribution in [1.82, 2.24) is 4.90 Å². The van der Waals surface area contributed by atoms with Gasteiger partial charge in [0.05, 0.1) is 24.6 Å². The zero-order valence-electron chi connectivity index (χ0n) is 19.4. The average Bonchev–Trinajstić information content (AvgIpc) is 2.89. The van der Waals surface area contributed by atoms with Crippen molar-refractivity contribution in [1.29, 1.82) is 0 Å². The number of para-hydroxylation sites is 2. The maximum Gasteiger partial charge on any atom is 0.228 e. The molecule has 0 aliphatic heterocycles. The van der Waals surface area contributed by atoms with Crippen molar-refractivity contribution < 1.29 is 14.3 Å². The van der Waals surface area contributed by atoms with E-state index in [9.17, 15) is 9.59 Å². The molecule has 4 rings (SSSR count). The fraction of sp³-hybridized carbons (Fsp3) is 0.241. The van der Waals surface area contributed by atoms with Crippen LogP contribution in [-0.4, -0.2) is 23.8 Å². The van der Waals surface area contributed by atoms with Gasteiger partial charge >= 0.3 is 0 Å². The van der Waals surface area contributed by atoms with Gasteiger partial charge in [0.2, 0.25) is 11.8 Å². The molecule has 174 valence electrons. The van der Waals surface area contributed by atoms with Gasteiger partial charge in [0.25, 0.3) is 0 Å².